The highest BCUT2D eigenvalue weighted by atomic mass is 16.5. The van der Waals surface area contributed by atoms with Crippen LogP contribution in [-0.4, -0.2) is 15.1 Å². The molecule has 0 saturated carbocycles. The summed E-state index contributed by atoms with van der Waals surface area (Å²) in [6.07, 6.45) is 0. The summed E-state index contributed by atoms with van der Waals surface area (Å²) in [5.74, 6) is 1.09. The second-order valence-corrected chi connectivity index (χ2v) is 6.47. The van der Waals surface area contributed by atoms with Crippen molar-refractivity contribution in [2.45, 2.75) is 40.0 Å². The van der Waals surface area contributed by atoms with Crippen molar-refractivity contribution in [2.75, 3.05) is 0 Å². The summed E-state index contributed by atoms with van der Waals surface area (Å²) in [4.78, 5) is 9.09. The summed E-state index contributed by atoms with van der Waals surface area (Å²) in [6, 6.07) is 8.46. The zero-order valence-electron chi connectivity index (χ0n) is 13.1. The molecule has 0 aliphatic rings. The van der Waals surface area contributed by atoms with Crippen LogP contribution in [0.3, 0.4) is 0 Å². The first-order chi connectivity index (χ1) is 9.84. The van der Waals surface area contributed by atoms with E-state index in [1.165, 1.54) is 10.9 Å². The Morgan fingerprint density at radius 2 is 1.76 bits per heavy atom. The van der Waals surface area contributed by atoms with Crippen LogP contribution < -0.4 is 0 Å². The summed E-state index contributed by atoms with van der Waals surface area (Å²) in [5, 5.41) is 6.33. The summed E-state index contributed by atoms with van der Waals surface area (Å²) >= 11 is 0. The minimum absolute atomic E-state index is 0.0533. The molecule has 2 aromatic heterocycles. The third-order valence-corrected chi connectivity index (χ3v) is 3.45. The minimum atomic E-state index is -0.0533. The van der Waals surface area contributed by atoms with Crippen LogP contribution in [0.25, 0.3) is 22.3 Å². The van der Waals surface area contributed by atoms with E-state index >= 15 is 0 Å². The van der Waals surface area contributed by atoms with Crippen molar-refractivity contribution in [2.24, 2.45) is 0 Å². The van der Waals surface area contributed by atoms with E-state index in [1.807, 2.05) is 6.07 Å². The first kappa shape index (κ1) is 13.7. The van der Waals surface area contributed by atoms with Crippen molar-refractivity contribution in [3.05, 3.63) is 41.4 Å². The Morgan fingerprint density at radius 3 is 2.38 bits per heavy atom. The Balaban J connectivity index is 2.32. The average molecular weight is 281 g/mol. The summed E-state index contributed by atoms with van der Waals surface area (Å²) < 4.78 is 5.08. The fourth-order valence-electron chi connectivity index (χ4n) is 2.47. The van der Waals surface area contributed by atoms with Crippen molar-refractivity contribution < 1.29 is 4.52 Å². The summed E-state index contributed by atoms with van der Waals surface area (Å²) in [5.41, 5.74) is 2.98. The van der Waals surface area contributed by atoms with Gasteiger partial charge < -0.3 is 4.52 Å². The van der Waals surface area contributed by atoms with Crippen LogP contribution in [0.1, 0.15) is 37.9 Å². The Hall–Kier alpha value is -2.23. The number of fused-ring (bicyclic) bond motifs is 1. The van der Waals surface area contributed by atoms with Crippen LogP contribution >= 0.6 is 0 Å². The second-order valence-electron chi connectivity index (χ2n) is 6.47. The van der Waals surface area contributed by atoms with Crippen molar-refractivity contribution in [1.29, 1.82) is 0 Å². The van der Waals surface area contributed by atoms with Crippen LogP contribution in [0, 0.1) is 13.8 Å². The molecular formula is C17H19N3O. The van der Waals surface area contributed by atoms with E-state index in [4.69, 9.17) is 9.51 Å². The van der Waals surface area contributed by atoms with Gasteiger partial charge in [0.15, 0.2) is 0 Å². The molecular weight excluding hydrogens is 262 g/mol. The fourth-order valence-corrected chi connectivity index (χ4v) is 2.47. The van der Waals surface area contributed by atoms with Gasteiger partial charge >= 0.3 is 0 Å². The van der Waals surface area contributed by atoms with Gasteiger partial charge in [-0.1, -0.05) is 49.7 Å². The van der Waals surface area contributed by atoms with Gasteiger partial charge in [0, 0.05) is 17.7 Å². The van der Waals surface area contributed by atoms with E-state index in [-0.39, 0.29) is 5.41 Å². The second kappa shape index (κ2) is 4.65. The number of benzene rings is 1. The predicted octanol–water partition coefficient (Wildman–Crippen LogP) is 4.20. The first-order valence-corrected chi connectivity index (χ1v) is 7.07. The van der Waals surface area contributed by atoms with Crippen LogP contribution in [0.15, 0.2) is 28.8 Å². The molecule has 0 atom stereocenters. The van der Waals surface area contributed by atoms with E-state index in [9.17, 15) is 0 Å². The maximum atomic E-state index is 5.08. The minimum Gasteiger partial charge on any atom is -0.339 e. The zero-order chi connectivity index (χ0) is 15.2. The van der Waals surface area contributed by atoms with Gasteiger partial charge in [-0.15, -0.1) is 0 Å². The molecule has 1 aromatic carbocycles. The van der Waals surface area contributed by atoms with E-state index < -0.39 is 0 Å². The highest BCUT2D eigenvalue weighted by Crippen LogP contribution is 2.31. The van der Waals surface area contributed by atoms with Crippen LogP contribution in [0.5, 0.6) is 0 Å². The molecule has 2 heterocycles. The number of pyridine rings is 1. The van der Waals surface area contributed by atoms with Gasteiger partial charge in [0.1, 0.15) is 5.69 Å². The molecule has 3 aromatic rings. The molecule has 0 amide bonds. The summed E-state index contributed by atoms with van der Waals surface area (Å²) in [7, 11) is 0. The van der Waals surface area contributed by atoms with Gasteiger partial charge in [-0.2, -0.15) is 4.98 Å². The number of aryl methyl sites for hydroxylation is 2. The molecule has 0 fully saturated rings. The Labute approximate surface area is 124 Å². The van der Waals surface area contributed by atoms with E-state index in [2.05, 4.69) is 56.0 Å². The third kappa shape index (κ3) is 2.53. The molecule has 0 aliphatic carbocycles. The predicted molar refractivity (Wildman–Crippen MR) is 83.2 cm³/mol. The molecule has 21 heavy (non-hydrogen) atoms. The largest absolute Gasteiger partial charge is 0.339 e. The smallest absolute Gasteiger partial charge is 0.223 e. The molecule has 0 N–H and O–H groups in total. The van der Waals surface area contributed by atoms with Crippen LogP contribution in [0.4, 0.5) is 0 Å². The molecule has 0 saturated heterocycles. The topological polar surface area (TPSA) is 51.8 Å². The normalized spacial score (nSPS) is 12.0. The standard InChI is InChI=1S/C17H19N3O/c1-10-6-7-13-12(8-10)9-14(16-18-11(2)21-20-16)19-15(13)17(3,4)5/h6-9H,1-5H3. The monoisotopic (exact) mass is 281 g/mol. The van der Waals surface area contributed by atoms with Crippen molar-refractivity contribution in [3.63, 3.8) is 0 Å². The zero-order valence-corrected chi connectivity index (χ0v) is 13.1. The van der Waals surface area contributed by atoms with E-state index in [0.717, 1.165) is 16.8 Å². The molecule has 0 aliphatic heterocycles. The highest BCUT2D eigenvalue weighted by Gasteiger charge is 2.21. The molecule has 0 bridgehead atoms. The molecule has 0 radical (unpaired) electrons. The molecule has 108 valence electrons. The lowest BCUT2D eigenvalue weighted by Gasteiger charge is -2.21. The lowest BCUT2D eigenvalue weighted by molar-refractivity contribution is 0.394. The summed E-state index contributed by atoms with van der Waals surface area (Å²) in [6.45, 7) is 10.4. The SMILES string of the molecule is Cc1ccc2c(C(C)(C)C)nc(-c3noc(C)n3)cc2c1. The maximum absolute atomic E-state index is 5.08. The number of hydrogen-bond acceptors (Lipinski definition) is 4. The van der Waals surface area contributed by atoms with Crippen LogP contribution in [0.2, 0.25) is 0 Å². The van der Waals surface area contributed by atoms with Crippen molar-refractivity contribution in [1.82, 2.24) is 15.1 Å². The lowest BCUT2D eigenvalue weighted by Crippen LogP contribution is -2.14. The Morgan fingerprint density at radius 1 is 1.00 bits per heavy atom. The van der Waals surface area contributed by atoms with Gasteiger partial charge in [-0.3, -0.25) is 0 Å². The number of rotatable bonds is 1. The van der Waals surface area contributed by atoms with E-state index in [0.29, 0.717) is 11.7 Å². The molecule has 3 rings (SSSR count). The molecule has 0 unspecified atom stereocenters. The van der Waals surface area contributed by atoms with Crippen molar-refractivity contribution in [3.8, 4) is 11.5 Å². The maximum Gasteiger partial charge on any atom is 0.223 e. The van der Waals surface area contributed by atoms with E-state index in [1.54, 1.807) is 6.92 Å². The number of hydrogen-bond donors (Lipinski definition) is 0. The van der Waals surface area contributed by atoms with Crippen molar-refractivity contribution >= 4 is 10.8 Å². The molecule has 4 nitrogen and oxygen atoms in total. The van der Waals surface area contributed by atoms with Gasteiger partial charge in [0.2, 0.25) is 11.7 Å². The molecule has 0 spiro atoms. The fraction of sp³-hybridized carbons (Fsp3) is 0.353. The Kier molecular flexibility index (Phi) is 3.04. The molecule has 4 heteroatoms. The van der Waals surface area contributed by atoms with Gasteiger partial charge in [0.25, 0.3) is 0 Å². The third-order valence-electron chi connectivity index (χ3n) is 3.45. The highest BCUT2D eigenvalue weighted by molar-refractivity contribution is 5.88. The van der Waals surface area contributed by atoms with Gasteiger partial charge in [-0.05, 0) is 18.4 Å². The Bertz CT molecular complexity index is 813. The average Bonchev–Trinajstić information content (AvgIpc) is 2.82. The van der Waals surface area contributed by atoms with Gasteiger partial charge in [0.05, 0.1) is 5.69 Å². The number of nitrogens with zero attached hydrogens (tertiary/aromatic N) is 3. The quantitative estimate of drug-likeness (QED) is 0.670. The lowest BCUT2D eigenvalue weighted by atomic mass is 9.87. The van der Waals surface area contributed by atoms with Crippen LogP contribution in [-0.2, 0) is 5.41 Å². The van der Waals surface area contributed by atoms with Gasteiger partial charge in [-0.25, -0.2) is 4.98 Å². The number of aromatic nitrogens is 3. The first-order valence-electron chi connectivity index (χ1n) is 7.07.